The van der Waals surface area contributed by atoms with Crippen molar-refractivity contribution in [1.29, 1.82) is 0 Å². The molecule has 0 bridgehead atoms. The number of para-hydroxylation sites is 1. The molecule has 2 aromatic heterocycles. The van der Waals surface area contributed by atoms with E-state index in [1.54, 1.807) is 6.20 Å². The highest BCUT2D eigenvalue weighted by Crippen LogP contribution is 2.40. The van der Waals surface area contributed by atoms with E-state index in [9.17, 15) is 4.79 Å². The maximum Gasteiger partial charge on any atom is 0.262 e. The molecule has 0 spiro atoms. The standard InChI is InChI=1S/C26H23N5O2S/c32-23(17-33-20-7-2-1-3-8-20)29-18-11-13-19(14-12-18)31-25(22-10-6-16-28-22)24(30-26(31)34)21-9-4-5-15-27-21/h1-16,24-25,28H,17H2,(H,29,32)(H,30,34)/t24-,25+/m1/s1. The van der Waals surface area contributed by atoms with Crippen LogP contribution in [0.1, 0.15) is 23.5 Å². The molecule has 7 nitrogen and oxygen atoms in total. The van der Waals surface area contributed by atoms with E-state index < -0.39 is 0 Å². The number of aromatic nitrogens is 2. The van der Waals surface area contributed by atoms with Gasteiger partial charge in [0.05, 0.1) is 11.7 Å². The molecule has 1 aliphatic rings. The minimum absolute atomic E-state index is 0.0629. The number of benzene rings is 2. The lowest BCUT2D eigenvalue weighted by atomic mass is 10.0. The molecule has 1 aliphatic heterocycles. The average Bonchev–Trinajstić information content (AvgIpc) is 3.52. The zero-order valence-electron chi connectivity index (χ0n) is 18.2. The second-order valence-corrected chi connectivity index (χ2v) is 8.21. The quantitative estimate of drug-likeness (QED) is 0.343. The van der Waals surface area contributed by atoms with Crippen LogP contribution in [0.25, 0.3) is 0 Å². The number of nitrogens with one attached hydrogen (secondary N) is 3. The van der Waals surface area contributed by atoms with Crippen LogP contribution in [0.5, 0.6) is 5.75 Å². The van der Waals surface area contributed by atoms with E-state index >= 15 is 0 Å². The van der Waals surface area contributed by atoms with E-state index in [0.29, 0.717) is 16.5 Å². The molecule has 8 heteroatoms. The third-order valence-electron chi connectivity index (χ3n) is 5.58. The number of carbonyl (C=O) groups is 1. The number of amides is 1. The van der Waals surface area contributed by atoms with Crippen LogP contribution in [0.15, 0.2) is 97.3 Å². The Morgan fingerprint density at radius 2 is 1.79 bits per heavy atom. The summed E-state index contributed by atoms with van der Waals surface area (Å²) in [6, 6.07) is 26.5. The van der Waals surface area contributed by atoms with E-state index in [2.05, 4.69) is 25.5 Å². The summed E-state index contributed by atoms with van der Waals surface area (Å²) in [6.07, 6.45) is 3.69. The Balaban J connectivity index is 1.32. The number of pyridine rings is 1. The normalized spacial score (nSPS) is 17.3. The molecule has 34 heavy (non-hydrogen) atoms. The highest BCUT2D eigenvalue weighted by Gasteiger charge is 2.41. The van der Waals surface area contributed by atoms with Crippen molar-refractivity contribution in [2.24, 2.45) is 0 Å². The first-order valence-electron chi connectivity index (χ1n) is 10.9. The lowest BCUT2D eigenvalue weighted by molar-refractivity contribution is -0.118. The molecule has 5 rings (SSSR count). The van der Waals surface area contributed by atoms with E-state index in [1.165, 1.54) is 0 Å². The highest BCUT2D eigenvalue weighted by atomic mass is 32.1. The number of ether oxygens (including phenoxy) is 1. The fraction of sp³-hybridized carbons (Fsp3) is 0.115. The zero-order chi connectivity index (χ0) is 23.3. The van der Waals surface area contributed by atoms with Gasteiger partial charge in [-0.15, -0.1) is 0 Å². The summed E-state index contributed by atoms with van der Waals surface area (Å²) in [5, 5.41) is 6.91. The van der Waals surface area contributed by atoms with Gasteiger partial charge >= 0.3 is 0 Å². The molecule has 1 saturated heterocycles. The Morgan fingerprint density at radius 3 is 2.50 bits per heavy atom. The minimum atomic E-state index is -0.227. The van der Waals surface area contributed by atoms with Gasteiger partial charge in [0, 0.05) is 29.5 Å². The summed E-state index contributed by atoms with van der Waals surface area (Å²) in [5.74, 6) is 0.426. The van der Waals surface area contributed by atoms with E-state index in [0.717, 1.165) is 17.1 Å². The Hall–Kier alpha value is -4.17. The molecule has 0 unspecified atom stereocenters. The van der Waals surface area contributed by atoms with Crippen LogP contribution in [0.3, 0.4) is 0 Å². The lowest BCUT2D eigenvalue weighted by Gasteiger charge is -2.27. The van der Waals surface area contributed by atoms with Gasteiger partial charge in [-0.25, -0.2) is 0 Å². The molecule has 3 N–H and O–H groups in total. The van der Waals surface area contributed by atoms with Gasteiger partial charge in [-0.2, -0.15) is 0 Å². The molecule has 1 fully saturated rings. The topological polar surface area (TPSA) is 82.3 Å². The molecule has 1 amide bonds. The van der Waals surface area contributed by atoms with Gasteiger partial charge in [-0.3, -0.25) is 9.78 Å². The average molecular weight is 470 g/mol. The predicted octanol–water partition coefficient (Wildman–Crippen LogP) is 4.60. The number of aromatic amines is 1. The molecule has 0 saturated carbocycles. The first-order valence-corrected chi connectivity index (χ1v) is 11.3. The Bertz CT molecular complexity index is 1250. The van der Waals surface area contributed by atoms with Gasteiger partial charge in [-0.1, -0.05) is 24.3 Å². The van der Waals surface area contributed by atoms with Crippen LogP contribution >= 0.6 is 12.2 Å². The number of thiocarbonyl (C=S) groups is 1. The number of anilines is 2. The van der Waals surface area contributed by atoms with E-state index in [-0.39, 0.29) is 24.6 Å². The monoisotopic (exact) mass is 469 g/mol. The second kappa shape index (κ2) is 9.76. The van der Waals surface area contributed by atoms with E-state index in [4.69, 9.17) is 17.0 Å². The number of carbonyl (C=O) groups excluding carboxylic acids is 1. The first kappa shape index (κ1) is 21.7. The Kier molecular flexibility index (Phi) is 6.22. The SMILES string of the molecule is O=C(COc1ccccc1)Nc1ccc(N2C(=S)N[C@H](c3ccccn3)[C@@H]2c2ccc[nH]2)cc1. The van der Waals surface area contributed by atoms with Crippen molar-refractivity contribution in [3.63, 3.8) is 0 Å². The van der Waals surface area contributed by atoms with Gasteiger partial charge in [0.15, 0.2) is 11.7 Å². The second-order valence-electron chi connectivity index (χ2n) is 7.82. The summed E-state index contributed by atoms with van der Waals surface area (Å²) < 4.78 is 5.51. The third-order valence-corrected chi connectivity index (χ3v) is 5.90. The molecule has 2 atom stereocenters. The van der Waals surface area contributed by atoms with Crippen LogP contribution in [0, 0.1) is 0 Å². The van der Waals surface area contributed by atoms with Crippen molar-refractivity contribution in [3.05, 3.63) is 109 Å². The molecule has 3 heterocycles. The molecule has 4 aromatic rings. The maximum atomic E-state index is 12.3. The summed E-state index contributed by atoms with van der Waals surface area (Å²) in [5.41, 5.74) is 3.53. The van der Waals surface area contributed by atoms with Gasteiger partial charge in [0.2, 0.25) is 0 Å². The van der Waals surface area contributed by atoms with E-state index in [1.807, 2.05) is 91.1 Å². The largest absolute Gasteiger partial charge is 0.484 e. The van der Waals surface area contributed by atoms with Crippen molar-refractivity contribution in [1.82, 2.24) is 15.3 Å². The highest BCUT2D eigenvalue weighted by molar-refractivity contribution is 7.80. The number of nitrogens with zero attached hydrogens (tertiary/aromatic N) is 2. The van der Waals surface area contributed by atoms with Crippen molar-refractivity contribution in [2.75, 3.05) is 16.8 Å². The third kappa shape index (κ3) is 4.62. The minimum Gasteiger partial charge on any atom is -0.484 e. The maximum absolute atomic E-state index is 12.3. The fourth-order valence-electron chi connectivity index (χ4n) is 4.05. The fourth-order valence-corrected chi connectivity index (χ4v) is 4.39. The molecule has 2 aromatic carbocycles. The van der Waals surface area contributed by atoms with Crippen LogP contribution in [0.4, 0.5) is 11.4 Å². The van der Waals surface area contributed by atoms with Gasteiger partial charge in [-0.05, 0) is 72.9 Å². The molecular weight excluding hydrogens is 446 g/mol. The summed E-state index contributed by atoms with van der Waals surface area (Å²) in [4.78, 5) is 22.2. The summed E-state index contributed by atoms with van der Waals surface area (Å²) >= 11 is 5.72. The Morgan fingerprint density at radius 1 is 1.00 bits per heavy atom. The van der Waals surface area contributed by atoms with Crippen molar-refractivity contribution >= 4 is 34.6 Å². The molecular formula is C26H23N5O2S. The number of H-pyrrole nitrogens is 1. The van der Waals surface area contributed by atoms with Crippen molar-refractivity contribution < 1.29 is 9.53 Å². The number of rotatable bonds is 7. The van der Waals surface area contributed by atoms with Gasteiger partial charge in [0.1, 0.15) is 11.8 Å². The van der Waals surface area contributed by atoms with Gasteiger partial charge < -0.3 is 25.3 Å². The molecule has 0 aliphatic carbocycles. The summed E-state index contributed by atoms with van der Waals surface area (Å²) in [7, 11) is 0. The zero-order valence-corrected chi connectivity index (χ0v) is 19.0. The molecule has 0 radical (unpaired) electrons. The van der Waals surface area contributed by atoms with Crippen LogP contribution in [0.2, 0.25) is 0 Å². The molecule has 170 valence electrons. The van der Waals surface area contributed by atoms with Crippen LogP contribution in [-0.4, -0.2) is 27.6 Å². The predicted molar refractivity (Wildman–Crippen MR) is 136 cm³/mol. The first-order chi connectivity index (χ1) is 16.7. The smallest absolute Gasteiger partial charge is 0.262 e. The lowest BCUT2D eigenvalue weighted by Crippen LogP contribution is -2.29. The van der Waals surface area contributed by atoms with Crippen molar-refractivity contribution in [3.8, 4) is 5.75 Å². The number of hydrogen-bond acceptors (Lipinski definition) is 4. The van der Waals surface area contributed by atoms with Gasteiger partial charge in [0.25, 0.3) is 5.91 Å². The number of hydrogen-bond donors (Lipinski definition) is 3. The Labute approximate surface area is 202 Å². The van der Waals surface area contributed by atoms with Crippen LogP contribution in [-0.2, 0) is 4.79 Å². The summed E-state index contributed by atoms with van der Waals surface area (Å²) in [6.45, 7) is -0.0629. The van der Waals surface area contributed by atoms with Crippen molar-refractivity contribution in [2.45, 2.75) is 12.1 Å². The van der Waals surface area contributed by atoms with Crippen LogP contribution < -0.4 is 20.3 Å².